The molecule has 7 heteroatoms. The Kier molecular flexibility index (Phi) is 5.11. The number of carbonyl (C=O) groups excluding carboxylic acids is 1. The predicted molar refractivity (Wildman–Crippen MR) is 94.1 cm³/mol. The molecule has 0 aliphatic carbocycles. The number of hydrogen-bond donors (Lipinski definition) is 1. The zero-order valence-corrected chi connectivity index (χ0v) is 15.4. The minimum absolute atomic E-state index is 0.136. The molecule has 0 bridgehead atoms. The Morgan fingerprint density at radius 2 is 1.70 bits per heavy atom. The molecule has 1 N–H and O–H groups in total. The van der Waals surface area contributed by atoms with E-state index < -0.39 is 10.0 Å². The molecule has 2 aromatic carbocycles. The SMILES string of the molecule is Cc1cc(S(=O)(=O)Nc2ccc(C(=O)N(C)C)cc2)ccc1Br. The first-order chi connectivity index (χ1) is 10.7. The van der Waals surface area contributed by atoms with Crippen LogP contribution in [0.25, 0.3) is 0 Å². The lowest BCUT2D eigenvalue weighted by Crippen LogP contribution is -2.21. The van der Waals surface area contributed by atoms with E-state index in [9.17, 15) is 13.2 Å². The number of nitrogens with one attached hydrogen (secondary N) is 1. The minimum atomic E-state index is -3.67. The van der Waals surface area contributed by atoms with Crippen LogP contribution >= 0.6 is 15.9 Å². The summed E-state index contributed by atoms with van der Waals surface area (Å²) >= 11 is 3.34. The second-order valence-electron chi connectivity index (χ2n) is 5.29. The van der Waals surface area contributed by atoms with Crippen molar-refractivity contribution < 1.29 is 13.2 Å². The van der Waals surface area contributed by atoms with Gasteiger partial charge in [-0.3, -0.25) is 9.52 Å². The smallest absolute Gasteiger partial charge is 0.261 e. The van der Waals surface area contributed by atoms with E-state index in [1.165, 1.54) is 11.0 Å². The normalized spacial score (nSPS) is 11.1. The largest absolute Gasteiger partial charge is 0.345 e. The second-order valence-corrected chi connectivity index (χ2v) is 7.83. The zero-order valence-electron chi connectivity index (χ0n) is 13.0. The summed E-state index contributed by atoms with van der Waals surface area (Å²) in [6.45, 7) is 1.82. The summed E-state index contributed by atoms with van der Waals surface area (Å²) in [7, 11) is -0.345. The molecule has 0 saturated carbocycles. The first kappa shape index (κ1) is 17.5. The number of anilines is 1. The highest BCUT2D eigenvalue weighted by Crippen LogP contribution is 2.22. The maximum absolute atomic E-state index is 12.4. The van der Waals surface area contributed by atoms with Crippen molar-refractivity contribution in [3.05, 3.63) is 58.1 Å². The van der Waals surface area contributed by atoms with Gasteiger partial charge in [-0.15, -0.1) is 0 Å². The topological polar surface area (TPSA) is 66.5 Å². The molecule has 0 aliphatic heterocycles. The van der Waals surface area contributed by atoms with E-state index in [0.29, 0.717) is 11.3 Å². The predicted octanol–water partition coefficient (Wildman–Crippen LogP) is 3.26. The molecule has 0 heterocycles. The molecule has 5 nitrogen and oxygen atoms in total. The Hall–Kier alpha value is -1.86. The van der Waals surface area contributed by atoms with Crippen LogP contribution in [-0.4, -0.2) is 33.3 Å². The molecule has 1 amide bonds. The van der Waals surface area contributed by atoms with Crippen LogP contribution in [0.5, 0.6) is 0 Å². The molecule has 0 unspecified atom stereocenters. The lowest BCUT2D eigenvalue weighted by molar-refractivity contribution is 0.0827. The van der Waals surface area contributed by atoms with Crippen LogP contribution in [0.15, 0.2) is 51.8 Å². The Labute approximate surface area is 144 Å². The lowest BCUT2D eigenvalue weighted by Gasteiger charge is -2.12. The maximum atomic E-state index is 12.4. The highest BCUT2D eigenvalue weighted by Gasteiger charge is 2.15. The fourth-order valence-corrected chi connectivity index (χ4v) is 3.33. The first-order valence-electron chi connectivity index (χ1n) is 6.81. The van der Waals surface area contributed by atoms with Crippen LogP contribution in [0.1, 0.15) is 15.9 Å². The fraction of sp³-hybridized carbons (Fsp3) is 0.188. The second kappa shape index (κ2) is 6.72. The van der Waals surface area contributed by atoms with E-state index in [1.54, 1.807) is 50.5 Å². The number of rotatable bonds is 4. The molecule has 2 rings (SSSR count). The number of amides is 1. The molecule has 0 radical (unpaired) electrons. The molecular weight excluding hydrogens is 380 g/mol. The van der Waals surface area contributed by atoms with E-state index >= 15 is 0 Å². The quantitative estimate of drug-likeness (QED) is 0.861. The molecule has 0 aromatic heterocycles. The number of carbonyl (C=O) groups is 1. The molecule has 122 valence electrons. The Balaban J connectivity index is 2.23. The van der Waals surface area contributed by atoms with Crippen molar-refractivity contribution in [2.24, 2.45) is 0 Å². The van der Waals surface area contributed by atoms with Gasteiger partial charge in [0.1, 0.15) is 0 Å². The van der Waals surface area contributed by atoms with E-state index in [4.69, 9.17) is 0 Å². The van der Waals surface area contributed by atoms with Crippen LogP contribution in [0.3, 0.4) is 0 Å². The van der Waals surface area contributed by atoms with Crippen molar-refractivity contribution in [3.8, 4) is 0 Å². The van der Waals surface area contributed by atoms with E-state index in [2.05, 4.69) is 20.7 Å². The zero-order chi connectivity index (χ0) is 17.2. The van der Waals surface area contributed by atoms with Gasteiger partial charge in [-0.2, -0.15) is 0 Å². The van der Waals surface area contributed by atoms with Crippen LogP contribution in [0.2, 0.25) is 0 Å². The fourth-order valence-electron chi connectivity index (χ4n) is 1.94. The Morgan fingerprint density at radius 3 is 2.22 bits per heavy atom. The van der Waals surface area contributed by atoms with E-state index in [0.717, 1.165) is 10.0 Å². The van der Waals surface area contributed by atoms with Crippen molar-refractivity contribution in [3.63, 3.8) is 0 Å². The monoisotopic (exact) mass is 396 g/mol. The summed E-state index contributed by atoms with van der Waals surface area (Å²) in [6.07, 6.45) is 0. The average Bonchev–Trinajstić information content (AvgIpc) is 2.49. The molecule has 23 heavy (non-hydrogen) atoms. The molecule has 0 saturated heterocycles. The van der Waals surface area contributed by atoms with Gasteiger partial charge in [0.15, 0.2) is 0 Å². The van der Waals surface area contributed by atoms with Gasteiger partial charge in [0, 0.05) is 29.8 Å². The average molecular weight is 397 g/mol. The van der Waals surface area contributed by atoms with Crippen LogP contribution in [0.4, 0.5) is 5.69 Å². The molecule has 0 aliphatic rings. The third-order valence-electron chi connectivity index (χ3n) is 3.23. The summed E-state index contributed by atoms with van der Waals surface area (Å²) in [5.41, 5.74) is 1.73. The number of benzene rings is 2. The third kappa shape index (κ3) is 4.11. The van der Waals surface area contributed by atoms with Gasteiger partial charge in [0.05, 0.1) is 4.90 Å². The van der Waals surface area contributed by atoms with E-state index in [-0.39, 0.29) is 10.8 Å². The van der Waals surface area contributed by atoms with Crippen molar-refractivity contribution in [1.29, 1.82) is 0 Å². The van der Waals surface area contributed by atoms with E-state index in [1.807, 2.05) is 6.92 Å². The summed E-state index contributed by atoms with van der Waals surface area (Å²) in [4.78, 5) is 13.5. The molecule has 0 spiro atoms. The van der Waals surface area contributed by atoms with Crippen molar-refractivity contribution in [2.45, 2.75) is 11.8 Å². The Morgan fingerprint density at radius 1 is 1.09 bits per heavy atom. The molecule has 2 aromatic rings. The number of nitrogens with zero attached hydrogens (tertiary/aromatic N) is 1. The summed E-state index contributed by atoms with van der Waals surface area (Å²) in [6, 6.07) is 11.1. The first-order valence-corrected chi connectivity index (χ1v) is 9.09. The molecule has 0 atom stereocenters. The van der Waals surface area contributed by atoms with Crippen molar-refractivity contribution in [1.82, 2.24) is 4.90 Å². The standard InChI is InChI=1S/C16H17BrN2O3S/c1-11-10-14(8-9-15(11)17)23(21,22)18-13-6-4-12(5-7-13)16(20)19(2)3/h4-10,18H,1-3H3. The number of aryl methyl sites for hydroxylation is 1. The highest BCUT2D eigenvalue weighted by molar-refractivity contribution is 9.10. The van der Waals surface area contributed by atoms with Gasteiger partial charge in [-0.1, -0.05) is 15.9 Å². The summed E-state index contributed by atoms with van der Waals surface area (Å²) < 4.78 is 28.1. The van der Waals surface area contributed by atoms with Gasteiger partial charge in [0.25, 0.3) is 15.9 Å². The van der Waals surface area contributed by atoms with Gasteiger partial charge in [0.2, 0.25) is 0 Å². The summed E-state index contributed by atoms with van der Waals surface area (Å²) in [5.74, 6) is -0.136. The third-order valence-corrected chi connectivity index (χ3v) is 5.50. The molecular formula is C16H17BrN2O3S. The van der Waals surface area contributed by atoms with Gasteiger partial charge in [-0.25, -0.2) is 8.42 Å². The molecule has 0 fully saturated rings. The lowest BCUT2D eigenvalue weighted by atomic mass is 10.2. The number of sulfonamides is 1. The highest BCUT2D eigenvalue weighted by atomic mass is 79.9. The van der Waals surface area contributed by atoms with Crippen LogP contribution < -0.4 is 4.72 Å². The summed E-state index contributed by atoms with van der Waals surface area (Å²) in [5, 5.41) is 0. The van der Waals surface area contributed by atoms with Crippen LogP contribution in [0, 0.1) is 6.92 Å². The van der Waals surface area contributed by atoms with Crippen molar-refractivity contribution in [2.75, 3.05) is 18.8 Å². The van der Waals surface area contributed by atoms with Gasteiger partial charge < -0.3 is 4.90 Å². The minimum Gasteiger partial charge on any atom is -0.345 e. The Bertz CT molecular complexity index is 831. The van der Waals surface area contributed by atoms with Gasteiger partial charge >= 0.3 is 0 Å². The maximum Gasteiger partial charge on any atom is 0.261 e. The van der Waals surface area contributed by atoms with Crippen molar-refractivity contribution >= 4 is 37.5 Å². The number of hydrogen-bond acceptors (Lipinski definition) is 3. The van der Waals surface area contributed by atoms with Gasteiger partial charge in [-0.05, 0) is 55.0 Å². The van der Waals surface area contributed by atoms with Crippen LogP contribution in [-0.2, 0) is 10.0 Å². The number of halogens is 1.